The summed E-state index contributed by atoms with van der Waals surface area (Å²) in [5.41, 5.74) is 0.589. The van der Waals surface area contributed by atoms with Crippen molar-refractivity contribution in [2.45, 2.75) is 19.3 Å². The Bertz CT molecular complexity index is 532. The van der Waals surface area contributed by atoms with E-state index >= 15 is 0 Å². The van der Waals surface area contributed by atoms with E-state index in [1.807, 2.05) is 6.07 Å². The average molecular weight is 342 g/mol. The van der Waals surface area contributed by atoms with Gasteiger partial charge in [0.1, 0.15) is 5.75 Å². The first-order valence-electron chi connectivity index (χ1n) is 6.38. The number of aliphatic carboxylic acids is 1. The van der Waals surface area contributed by atoms with Crippen LogP contribution in [0.3, 0.4) is 0 Å². The molecule has 1 aliphatic carbocycles. The van der Waals surface area contributed by atoms with Crippen molar-refractivity contribution in [1.29, 1.82) is 0 Å². The number of anilines is 1. The molecule has 6 heteroatoms. The van der Waals surface area contributed by atoms with Crippen molar-refractivity contribution in [3.05, 3.63) is 22.7 Å². The van der Waals surface area contributed by atoms with Crippen LogP contribution in [0.25, 0.3) is 0 Å². The predicted molar refractivity (Wildman–Crippen MR) is 77.8 cm³/mol. The molecule has 0 heterocycles. The van der Waals surface area contributed by atoms with Crippen molar-refractivity contribution in [3.8, 4) is 5.75 Å². The van der Waals surface area contributed by atoms with Crippen molar-refractivity contribution in [2.75, 3.05) is 12.4 Å². The number of carbonyl (C=O) groups excluding carboxylic acids is 1. The van der Waals surface area contributed by atoms with Crippen LogP contribution in [0.15, 0.2) is 22.7 Å². The fraction of sp³-hybridized carbons (Fsp3) is 0.429. The minimum absolute atomic E-state index is 0.148. The lowest BCUT2D eigenvalue weighted by Gasteiger charge is -2.14. The standard InChI is InChI=1S/C14H16BrNO4/c1-20-12-5-4-10(15)7-11(12)16-13(17)8-2-3-9(6-8)14(18)19/h4-5,7-9H,2-3,6H2,1H3,(H,16,17)(H,18,19). The lowest BCUT2D eigenvalue weighted by molar-refractivity contribution is -0.141. The van der Waals surface area contributed by atoms with Gasteiger partial charge >= 0.3 is 5.97 Å². The Kier molecular flexibility index (Phi) is 4.65. The topological polar surface area (TPSA) is 75.6 Å². The first kappa shape index (κ1) is 14.8. The maximum Gasteiger partial charge on any atom is 0.306 e. The second-order valence-electron chi connectivity index (χ2n) is 4.88. The zero-order valence-corrected chi connectivity index (χ0v) is 12.6. The van der Waals surface area contributed by atoms with Crippen LogP contribution in [0.5, 0.6) is 5.75 Å². The number of carboxylic acids is 1. The minimum Gasteiger partial charge on any atom is -0.495 e. The zero-order chi connectivity index (χ0) is 14.7. The van der Waals surface area contributed by atoms with Crippen molar-refractivity contribution >= 4 is 33.5 Å². The summed E-state index contributed by atoms with van der Waals surface area (Å²) in [6.45, 7) is 0. The molecule has 1 aromatic carbocycles. The molecule has 2 rings (SSSR count). The molecule has 0 spiro atoms. The number of nitrogens with one attached hydrogen (secondary N) is 1. The first-order chi connectivity index (χ1) is 9.51. The molecule has 0 radical (unpaired) electrons. The Morgan fingerprint density at radius 3 is 2.65 bits per heavy atom. The highest BCUT2D eigenvalue weighted by atomic mass is 79.9. The van der Waals surface area contributed by atoms with Crippen LogP contribution in [-0.2, 0) is 9.59 Å². The van der Waals surface area contributed by atoms with Gasteiger partial charge in [-0.15, -0.1) is 0 Å². The predicted octanol–water partition coefficient (Wildman–Crippen LogP) is 2.90. The van der Waals surface area contributed by atoms with Crippen LogP contribution in [0.1, 0.15) is 19.3 Å². The molecule has 108 valence electrons. The summed E-state index contributed by atoms with van der Waals surface area (Å²) in [6, 6.07) is 5.35. The highest BCUT2D eigenvalue weighted by Gasteiger charge is 2.34. The quantitative estimate of drug-likeness (QED) is 0.882. The third-order valence-corrected chi connectivity index (χ3v) is 4.07. The largest absolute Gasteiger partial charge is 0.495 e. The molecule has 1 fully saturated rings. The second-order valence-corrected chi connectivity index (χ2v) is 5.79. The van der Waals surface area contributed by atoms with E-state index in [0.717, 1.165) is 4.47 Å². The van der Waals surface area contributed by atoms with E-state index in [2.05, 4.69) is 21.2 Å². The Labute approximate surface area is 125 Å². The van der Waals surface area contributed by atoms with E-state index in [0.29, 0.717) is 30.7 Å². The van der Waals surface area contributed by atoms with Gasteiger partial charge in [0.05, 0.1) is 18.7 Å². The number of carbonyl (C=O) groups is 2. The number of amides is 1. The highest BCUT2D eigenvalue weighted by molar-refractivity contribution is 9.10. The van der Waals surface area contributed by atoms with Gasteiger partial charge in [0.2, 0.25) is 5.91 Å². The number of rotatable bonds is 4. The van der Waals surface area contributed by atoms with Gasteiger partial charge in [0.25, 0.3) is 0 Å². The summed E-state index contributed by atoms with van der Waals surface area (Å²) < 4.78 is 6.03. The second kappa shape index (κ2) is 6.26. The molecule has 2 unspecified atom stereocenters. The summed E-state index contributed by atoms with van der Waals surface area (Å²) in [7, 11) is 1.54. The molecule has 2 atom stereocenters. The highest BCUT2D eigenvalue weighted by Crippen LogP contribution is 2.33. The Hall–Kier alpha value is -1.56. The lowest BCUT2D eigenvalue weighted by Crippen LogP contribution is -2.22. The van der Waals surface area contributed by atoms with Crippen molar-refractivity contribution in [3.63, 3.8) is 0 Å². The smallest absolute Gasteiger partial charge is 0.306 e. The summed E-state index contributed by atoms with van der Waals surface area (Å²) >= 11 is 3.34. The molecule has 1 saturated carbocycles. The zero-order valence-electron chi connectivity index (χ0n) is 11.1. The van der Waals surface area contributed by atoms with E-state index in [-0.39, 0.29) is 11.8 Å². The Morgan fingerprint density at radius 1 is 1.35 bits per heavy atom. The monoisotopic (exact) mass is 341 g/mol. The molecule has 20 heavy (non-hydrogen) atoms. The third-order valence-electron chi connectivity index (χ3n) is 3.57. The summed E-state index contributed by atoms with van der Waals surface area (Å²) in [5, 5.41) is 11.8. The number of ether oxygens (including phenoxy) is 1. The maximum absolute atomic E-state index is 12.2. The van der Waals surface area contributed by atoms with E-state index in [4.69, 9.17) is 9.84 Å². The molecule has 0 aromatic heterocycles. The fourth-order valence-electron chi connectivity index (χ4n) is 2.46. The van der Waals surface area contributed by atoms with Crippen LogP contribution in [0.4, 0.5) is 5.69 Å². The number of hydrogen-bond acceptors (Lipinski definition) is 3. The molecular weight excluding hydrogens is 326 g/mol. The number of carboxylic acid groups (broad SMARTS) is 1. The van der Waals surface area contributed by atoms with Crippen LogP contribution >= 0.6 is 15.9 Å². The molecule has 2 N–H and O–H groups in total. The number of halogens is 1. The molecular formula is C14H16BrNO4. The molecule has 1 amide bonds. The Balaban J connectivity index is 2.05. The summed E-state index contributed by atoms with van der Waals surface area (Å²) in [4.78, 5) is 23.1. The molecule has 1 aromatic rings. The molecule has 0 saturated heterocycles. The van der Waals surface area contributed by atoms with E-state index in [9.17, 15) is 9.59 Å². The third kappa shape index (κ3) is 3.30. The van der Waals surface area contributed by atoms with Crippen LogP contribution in [-0.4, -0.2) is 24.1 Å². The van der Waals surface area contributed by atoms with E-state index < -0.39 is 11.9 Å². The van der Waals surface area contributed by atoms with Gasteiger partial charge in [0, 0.05) is 10.4 Å². The van der Waals surface area contributed by atoms with Crippen LogP contribution < -0.4 is 10.1 Å². The van der Waals surface area contributed by atoms with Crippen molar-refractivity contribution in [2.24, 2.45) is 11.8 Å². The lowest BCUT2D eigenvalue weighted by atomic mass is 10.0. The summed E-state index contributed by atoms with van der Waals surface area (Å²) in [5.74, 6) is -1.05. The van der Waals surface area contributed by atoms with Gasteiger partial charge in [-0.3, -0.25) is 9.59 Å². The van der Waals surface area contributed by atoms with Gasteiger partial charge in [-0.2, -0.15) is 0 Å². The number of hydrogen-bond donors (Lipinski definition) is 2. The maximum atomic E-state index is 12.2. The Morgan fingerprint density at radius 2 is 2.05 bits per heavy atom. The van der Waals surface area contributed by atoms with Gasteiger partial charge in [-0.25, -0.2) is 0 Å². The molecule has 1 aliphatic rings. The van der Waals surface area contributed by atoms with Crippen molar-refractivity contribution < 1.29 is 19.4 Å². The SMILES string of the molecule is COc1ccc(Br)cc1NC(=O)C1CCC(C(=O)O)C1. The molecule has 5 nitrogen and oxygen atoms in total. The minimum atomic E-state index is -0.819. The molecule has 0 aliphatic heterocycles. The van der Waals surface area contributed by atoms with Crippen LogP contribution in [0.2, 0.25) is 0 Å². The van der Waals surface area contributed by atoms with E-state index in [1.165, 1.54) is 7.11 Å². The normalized spacial score (nSPS) is 21.5. The van der Waals surface area contributed by atoms with Crippen LogP contribution in [0, 0.1) is 11.8 Å². The van der Waals surface area contributed by atoms with Gasteiger partial charge < -0.3 is 15.2 Å². The first-order valence-corrected chi connectivity index (χ1v) is 7.17. The van der Waals surface area contributed by atoms with Gasteiger partial charge in [-0.05, 0) is 37.5 Å². The number of benzene rings is 1. The van der Waals surface area contributed by atoms with Gasteiger partial charge in [0.15, 0.2) is 0 Å². The van der Waals surface area contributed by atoms with Gasteiger partial charge in [-0.1, -0.05) is 15.9 Å². The number of methoxy groups -OCH3 is 1. The average Bonchev–Trinajstić information content (AvgIpc) is 2.89. The van der Waals surface area contributed by atoms with Crippen molar-refractivity contribution in [1.82, 2.24) is 0 Å². The molecule has 0 bridgehead atoms. The fourth-order valence-corrected chi connectivity index (χ4v) is 2.82. The van der Waals surface area contributed by atoms with E-state index in [1.54, 1.807) is 12.1 Å². The summed E-state index contributed by atoms with van der Waals surface area (Å²) in [6.07, 6.45) is 1.57.